The number of hydrogen-bond donors (Lipinski definition) is 1. The number of nitrogen functional groups attached to an aromatic ring is 1. The molecule has 1 aromatic carbocycles. The lowest BCUT2D eigenvalue weighted by Crippen LogP contribution is -1.97. The molecule has 0 radical (unpaired) electrons. The summed E-state index contributed by atoms with van der Waals surface area (Å²) in [6, 6.07) is 12.6. The third kappa shape index (κ3) is 2.80. The molecule has 0 aliphatic heterocycles. The average Bonchev–Trinajstić information content (AvgIpc) is 2.43. The summed E-state index contributed by atoms with van der Waals surface area (Å²) >= 11 is 0. The molecule has 5 nitrogen and oxygen atoms in total. The average molecular weight is 250 g/mol. The second kappa shape index (κ2) is 5.52. The molecule has 1 heterocycles. The first-order valence-electron chi connectivity index (χ1n) is 5.53. The zero-order valence-electron chi connectivity index (χ0n) is 10.00. The van der Waals surface area contributed by atoms with Gasteiger partial charge in [-0.1, -0.05) is 12.1 Å². The molecule has 2 N–H and O–H groups in total. The molecule has 2 rings (SSSR count). The van der Waals surface area contributed by atoms with Gasteiger partial charge in [-0.2, -0.15) is 10.5 Å². The Bertz CT molecular complexity index is 665. The lowest BCUT2D eigenvalue weighted by molar-refractivity contribution is 0.465. The van der Waals surface area contributed by atoms with Crippen molar-refractivity contribution in [3.8, 4) is 23.8 Å². The number of nitrogens with two attached hydrogens (primary N) is 1. The molecule has 0 fully saturated rings. The van der Waals surface area contributed by atoms with Crippen molar-refractivity contribution in [2.45, 2.75) is 6.42 Å². The minimum Gasteiger partial charge on any atom is -0.437 e. The van der Waals surface area contributed by atoms with Crippen molar-refractivity contribution in [2.75, 3.05) is 5.73 Å². The SMILES string of the molecule is N#CCc1ccc(Oc2nccc(C#N)c2N)cc1. The highest BCUT2D eigenvalue weighted by atomic mass is 16.5. The van der Waals surface area contributed by atoms with Crippen LogP contribution in [0.2, 0.25) is 0 Å². The maximum atomic E-state index is 8.86. The van der Waals surface area contributed by atoms with E-state index in [0.29, 0.717) is 17.7 Å². The first kappa shape index (κ1) is 12.4. The third-order valence-corrected chi connectivity index (χ3v) is 2.50. The Labute approximate surface area is 110 Å². The summed E-state index contributed by atoms with van der Waals surface area (Å²) in [5.41, 5.74) is 7.21. The summed E-state index contributed by atoms with van der Waals surface area (Å²) in [4.78, 5) is 3.99. The third-order valence-electron chi connectivity index (χ3n) is 2.50. The van der Waals surface area contributed by atoms with E-state index in [1.54, 1.807) is 24.3 Å². The minimum absolute atomic E-state index is 0.201. The summed E-state index contributed by atoms with van der Waals surface area (Å²) in [5, 5.41) is 17.4. The van der Waals surface area contributed by atoms with Crippen molar-refractivity contribution >= 4 is 5.69 Å². The molecule has 0 unspecified atom stereocenters. The number of anilines is 1. The van der Waals surface area contributed by atoms with Crippen LogP contribution in [0.3, 0.4) is 0 Å². The molecule has 0 atom stereocenters. The Morgan fingerprint density at radius 1 is 1.16 bits per heavy atom. The number of nitriles is 2. The van der Waals surface area contributed by atoms with Crippen molar-refractivity contribution in [1.82, 2.24) is 4.98 Å². The maximum absolute atomic E-state index is 8.86. The minimum atomic E-state index is 0.201. The highest BCUT2D eigenvalue weighted by Crippen LogP contribution is 2.27. The van der Waals surface area contributed by atoms with Crippen LogP contribution in [-0.4, -0.2) is 4.98 Å². The molecule has 0 amide bonds. The number of nitrogens with zero attached hydrogens (tertiary/aromatic N) is 3. The highest BCUT2D eigenvalue weighted by molar-refractivity contribution is 5.60. The van der Waals surface area contributed by atoms with Crippen LogP contribution in [0.4, 0.5) is 5.69 Å². The molecular formula is C14H10N4O. The van der Waals surface area contributed by atoms with Gasteiger partial charge >= 0.3 is 0 Å². The van der Waals surface area contributed by atoms with Gasteiger partial charge in [0, 0.05) is 6.20 Å². The molecule has 0 saturated carbocycles. The molecule has 0 aliphatic rings. The zero-order valence-corrected chi connectivity index (χ0v) is 10.00. The number of pyridine rings is 1. The van der Waals surface area contributed by atoms with Gasteiger partial charge in [0.25, 0.3) is 0 Å². The van der Waals surface area contributed by atoms with Crippen LogP contribution < -0.4 is 10.5 Å². The number of benzene rings is 1. The van der Waals surface area contributed by atoms with Crippen LogP contribution >= 0.6 is 0 Å². The largest absolute Gasteiger partial charge is 0.437 e. The van der Waals surface area contributed by atoms with Gasteiger partial charge in [0.05, 0.1) is 18.1 Å². The summed E-state index contributed by atoms with van der Waals surface area (Å²) in [6.45, 7) is 0. The number of aromatic nitrogens is 1. The van der Waals surface area contributed by atoms with Gasteiger partial charge < -0.3 is 10.5 Å². The second-order valence-electron chi connectivity index (χ2n) is 3.77. The van der Waals surface area contributed by atoms with Crippen molar-refractivity contribution in [3.05, 3.63) is 47.7 Å². The van der Waals surface area contributed by atoms with E-state index >= 15 is 0 Å². The molecule has 19 heavy (non-hydrogen) atoms. The molecule has 0 aliphatic carbocycles. The molecule has 5 heteroatoms. The summed E-state index contributed by atoms with van der Waals surface area (Å²) in [7, 11) is 0. The Kier molecular flexibility index (Phi) is 3.61. The zero-order chi connectivity index (χ0) is 13.7. The standard InChI is InChI=1S/C14H10N4O/c15-7-5-10-1-3-12(4-2-10)19-14-13(17)11(9-16)6-8-18-14/h1-4,6,8H,5,17H2. The van der Waals surface area contributed by atoms with Crippen LogP contribution in [0.1, 0.15) is 11.1 Å². The van der Waals surface area contributed by atoms with Crippen LogP contribution in [0.25, 0.3) is 0 Å². The van der Waals surface area contributed by atoms with Crippen LogP contribution in [0.15, 0.2) is 36.5 Å². The van der Waals surface area contributed by atoms with E-state index in [2.05, 4.69) is 11.1 Å². The van der Waals surface area contributed by atoms with Gasteiger partial charge in [0.15, 0.2) is 0 Å². The number of ether oxygens (including phenoxy) is 1. The van der Waals surface area contributed by atoms with Gasteiger partial charge in [-0.05, 0) is 23.8 Å². The first-order valence-corrected chi connectivity index (χ1v) is 5.53. The van der Waals surface area contributed by atoms with Crippen LogP contribution in [-0.2, 0) is 6.42 Å². The predicted molar refractivity (Wildman–Crippen MR) is 69.2 cm³/mol. The maximum Gasteiger partial charge on any atom is 0.244 e. The molecule has 0 saturated heterocycles. The predicted octanol–water partition coefficient (Wildman–Crippen LogP) is 2.39. The molecule has 1 aromatic heterocycles. The molecule has 0 spiro atoms. The van der Waals surface area contributed by atoms with E-state index in [0.717, 1.165) is 5.56 Å². The number of rotatable bonds is 3. The van der Waals surface area contributed by atoms with E-state index in [-0.39, 0.29) is 11.6 Å². The Morgan fingerprint density at radius 2 is 1.89 bits per heavy atom. The highest BCUT2D eigenvalue weighted by Gasteiger charge is 2.08. The fourth-order valence-electron chi connectivity index (χ4n) is 1.51. The lowest BCUT2D eigenvalue weighted by atomic mass is 10.2. The Hall–Kier alpha value is -3.05. The van der Waals surface area contributed by atoms with Crippen molar-refractivity contribution in [3.63, 3.8) is 0 Å². The van der Waals surface area contributed by atoms with Gasteiger partial charge in [-0.15, -0.1) is 0 Å². The molecule has 92 valence electrons. The van der Waals surface area contributed by atoms with Crippen LogP contribution in [0.5, 0.6) is 11.6 Å². The topological polar surface area (TPSA) is 95.7 Å². The molecular weight excluding hydrogens is 240 g/mol. The normalized spacial score (nSPS) is 9.37. The van der Waals surface area contributed by atoms with E-state index in [1.165, 1.54) is 12.3 Å². The van der Waals surface area contributed by atoms with E-state index in [9.17, 15) is 0 Å². The Balaban J connectivity index is 2.22. The van der Waals surface area contributed by atoms with Gasteiger partial charge in [-0.25, -0.2) is 4.98 Å². The van der Waals surface area contributed by atoms with Crippen molar-refractivity contribution in [2.24, 2.45) is 0 Å². The van der Waals surface area contributed by atoms with Crippen LogP contribution in [0, 0.1) is 22.7 Å². The van der Waals surface area contributed by atoms with E-state index in [4.69, 9.17) is 21.0 Å². The van der Waals surface area contributed by atoms with Gasteiger partial charge in [0.1, 0.15) is 17.5 Å². The quantitative estimate of drug-likeness (QED) is 0.902. The fraction of sp³-hybridized carbons (Fsp3) is 0.0714. The van der Waals surface area contributed by atoms with Crippen molar-refractivity contribution in [1.29, 1.82) is 10.5 Å². The Morgan fingerprint density at radius 3 is 2.53 bits per heavy atom. The van der Waals surface area contributed by atoms with E-state index in [1.807, 2.05) is 6.07 Å². The first-order chi connectivity index (χ1) is 9.24. The van der Waals surface area contributed by atoms with E-state index < -0.39 is 0 Å². The van der Waals surface area contributed by atoms with Crippen molar-refractivity contribution < 1.29 is 4.74 Å². The van der Waals surface area contributed by atoms with Gasteiger partial charge in [-0.3, -0.25) is 0 Å². The fourth-order valence-corrected chi connectivity index (χ4v) is 1.51. The number of hydrogen-bond acceptors (Lipinski definition) is 5. The monoisotopic (exact) mass is 250 g/mol. The summed E-state index contributed by atoms with van der Waals surface area (Å²) in [6.07, 6.45) is 1.82. The molecule has 0 bridgehead atoms. The van der Waals surface area contributed by atoms with Gasteiger partial charge in [0.2, 0.25) is 5.88 Å². The summed E-state index contributed by atoms with van der Waals surface area (Å²) < 4.78 is 5.51. The lowest BCUT2D eigenvalue weighted by Gasteiger charge is -2.08. The second-order valence-corrected chi connectivity index (χ2v) is 3.77. The summed E-state index contributed by atoms with van der Waals surface area (Å²) in [5.74, 6) is 0.753. The molecule has 2 aromatic rings. The smallest absolute Gasteiger partial charge is 0.244 e.